The zero-order valence-electron chi connectivity index (χ0n) is 31.6. The van der Waals surface area contributed by atoms with Crippen molar-refractivity contribution in [2.75, 3.05) is 18.6 Å². The fourth-order valence-electron chi connectivity index (χ4n) is 4.52. The Hall–Kier alpha value is -1.06. The first kappa shape index (κ1) is 43.9. The van der Waals surface area contributed by atoms with E-state index in [4.69, 9.17) is 9.47 Å². The van der Waals surface area contributed by atoms with Crippen molar-refractivity contribution in [1.82, 2.24) is 0 Å². The molecule has 0 radical (unpaired) electrons. The Morgan fingerprint density at radius 3 is 1.22 bits per heavy atom. The van der Waals surface area contributed by atoms with Gasteiger partial charge >= 0.3 is 5.97 Å². The highest BCUT2D eigenvalue weighted by atomic mass is 127. The molecule has 0 aliphatic rings. The first-order valence-corrected chi connectivity index (χ1v) is 19.6. The molecule has 0 bridgehead atoms. The number of alkyl halides is 1. The van der Waals surface area contributed by atoms with E-state index in [1.165, 1.54) is 13.5 Å². The van der Waals surface area contributed by atoms with Crippen molar-refractivity contribution in [3.05, 3.63) is 46.5 Å². The third-order valence-corrected chi connectivity index (χ3v) is 9.09. The maximum Gasteiger partial charge on any atom is 0.343 e. The van der Waals surface area contributed by atoms with Crippen LogP contribution in [-0.2, 0) is 31.2 Å². The van der Waals surface area contributed by atoms with Crippen LogP contribution in [0, 0.1) is 0 Å². The second-order valence-electron chi connectivity index (χ2n) is 15.9. The number of thioether (sulfide) groups is 2. The third-order valence-electron chi connectivity index (χ3n) is 6.67. The lowest BCUT2D eigenvalue weighted by atomic mass is 9.79. The van der Waals surface area contributed by atoms with E-state index in [0.29, 0.717) is 5.75 Å². The normalized spacial score (nSPS) is 12.4. The van der Waals surface area contributed by atoms with E-state index in [0.717, 1.165) is 37.8 Å². The fraction of sp³-hybridized carbons (Fsp3) is 0.658. The molecule has 0 amide bonds. The molecule has 0 aromatic heterocycles. The first-order valence-electron chi connectivity index (χ1n) is 15.8. The van der Waals surface area contributed by atoms with Gasteiger partial charge in [0.1, 0.15) is 11.5 Å². The Morgan fingerprint density at radius 1 is 0.667 bits per heavy atom. The smallest absolute Gasteiger partial charge is 0.343 e. The Morgan fingerprint density at radius 2 is 0.956 bits per heavy atom. The molecule has 0 atom stereocenters. The van der Waals surface area contributed by atoms with Crippen molar-refractivity contribution in [2.24, 2.45) is 0 Å². The number of phenolic OH excluding ortho intramolecular Hbond substituents is 1. The van der Waals surface area contributed by atoms with Crippen LogP contribution in [0.2, 0.25) is 0 Å². The van der Waals surface area contributed by atoms with Crippen LogP contribution in [0.15, 0.2) is 34.1 Å². The SMILES string of the molecule is CCC.CI.COC(=O)COc1c(C(C)(C)C)cc(SC(C)(C)Sc2cc(C(C)(C)C)c(O)c(C(C)(C)C)c2)cc1C(C)(C)C. The Bertz CT molecular complexity index is 1170. The number of methoxy groups -OCH3 is 1. The minimum atomic E-state index is -0.395. The largest absolute Gasteiger partial charge is 0.507 e. The van der Waals surface area contributed by atoms with Crippen LogP contribution >= 0.6 is 46.1 Å². The summed E-state index contributed by atoms with van der Waals surface area (Å²) in [4.78, 5) is 16.2. The van der Waals surface area contributed by atoms with Gasteiger partial charge in [0.2, 0.25) is 0 Å². The highest BCUT2D eigenvalue weighted by Crippen LogP contribution is 2.51. The van der Waals surface area contributed by atoms with Crippen LogP contribution < -0.4 is 4.74 Å². The number of phenols is 1. The van der Waals surface area contributed by atoms with Gasteiger partial charge in [-0.05, 0) is 64.7 Å². The molecule has 0 aliphatic carbocycles. The lowest BCUT2D eigenvalue weighted by molar-refractivity contribution is -0.142. The lowest BCUT2D eigenvalue weighted by Gasteiger charge is -2.32. The summed E-state index contributed by atoms with van der Waals surface area (Å²) in [6, 6.07) is 8.74. The van der Waals surface area contributed by atoms with Crippen LogP contribution in [0.4, 0.5) is 0 Å². The molecule has 258 valence electrons. The number of carbonyl (C=O) groups is 1. The summed E-state index contributed by atoms with van der Waals surface area (Å²) < 4.78 is 10.8. The van der Waals surface area contributed by atoms with Gasteiger partial charge in [0.25, 0.3) is 0 Å². The molecule has 0 spiro atoms. The highest BCUT2D eigenvalue weighted by Gasteiger charge is 2.32. The molecule has 4 nitrogen and oxygen atoms in total. The van der Waals surface area contributed by atoms with Crippen molar-refractivity contribution in [2.45, 2.75) is 153 Å². The van der Waals surface area contributed by atoms with Gasteiger partial charge in [-0.25, -0.2) is 4.79 Å². The number of rotatable bonds is 7. The summed E-state index contributed by atoms with van der Waals surface area (Å²) in [5, 5.41) is 11.2. The number of esters is 1. The van der Waals surface area contributed by atoms with Gasteiger partial charge in [-0.2, -0.15) is 0 Å². The maximum atomic E-state index is 12.0. The van der Waals surface area contributed by atoms with E-state index in [9.17, 15) is 9.90 Å². The van der Waals surface area contributed by atoms with Crippen molar-refractivity contribution in [1.29, 1.82) is 0 Å². The maximum absolute atomic E-state index is 12.0. The molecule has 7 heteroatoms. The van der Waals surface area contributed by atoms with Crippen LogP contribution in [0.1, 0.15) is 139 Å². The van der Waals surface area contributed by atoms with Crippen molar-refractivity contribution in [3.8, 4) is 11.5 Å². The summed E-state index contributed by atoms with van der Waals surface area (Å²) in [5.74, 6) is 0.777. The van der Waals surface area contributed by atoms with E-state index in [-0.39, 0.29) is 32.3 Å². The molecule has 2 aromatic carbocycles. The second-order valence-corrected chi connectivity index (χ2v) is 19.5. The van der Waals surface area contributed by atoms with E-state index < -0.39 is 5.97 Å². The monoisotopic (exact) mass is 774 g/mol. The predicted molar refractivity (Wildman–Crippen MR) is 209 cm³/mol. The Balaban J connectivity index is 0.00000364. The van der Waals surface area contributed by atoms with Crippen LogP contribution in [0.5, 0.6) is 11.5 Å². The average molecular weight is 775 g/mol. The van der Waals surface area contributed by atoms with E-state index in [1.54, 1.807) is 0 Å². The van der Waals surface area contributed by atoms with Crippen LogP contribution in [-0.4, -0.2) is 33.8 Å². The van der Waals surface area contributed by atoms with Gasteiger partial charge in [-0.15, -0.1) is 23.5 Å². The van der Waals surface area contributed by atoms with Crippen molar-refractivity contribution >= 4 is 52.1 Å². The number of hydrogen-bond donors (Lipinski definition) is 1. The summed E-state index contributed by atoms with van der Waals surface area (Å²) in [7, 11) is 1.38. The molecule has 1 N–H and O–H groups in total. The fourth-order valence-corrected chi connectivity index (χ4v) is 7.11. The zero-order valence-corrected chi connectivity index (χ0v) is 35.4. The number of halogens is 1. The molecular weight excluding hydrogens is 711 g/mol. The summed E-state index contributed by atoms with van der Waals surface area (Å²) in [5.41, 5.74) is 3.34. The molecule has 0 heterocycles. The lowest BCUT2D eigenvalue weighted by Crippen LogP contribution is -2.23. The first-order chi connectivity index (χ1) is 20.3. The van der Waals surface area contributed by atoms with E-state index in [1.807, 2.05) is 28.5 Å². The summed E-state index contributed by atoms with van der Waals surface area (Å²) >= 11 is 5.79. The van der Waals surface area contributed by atoms with Gasteiger partial charge in [-0.1, -0.05) is 126 Å². The minimum Gasteiger partial charge on any atom is -0.507 e. The Kier molecular flexibility index (Phi) is 17.0. The minimum absolute atomic E-state index is 0.121. The molecule has 2 aromatic rings. The standard InChI is InChI=1S/C34H52O4S2.C3H8.CH3I/c1-30(2,3)23-16-21(17-24(28(23)36)31(4,5)6)39-34(13,14)40-22-18-25(32(7,8)9)29(38-20-27(35)37-15)26(19-22)33(10,11)12;1-3-2;1-2/h16-19,36H,20H2,1-15H3;3H2,1-2H3;1H3. The van der Waals surface area contributed by atoms with Gasteiger partial charge in [-0.3, -0.25) is 0 Å². The molecule has 0 saturated heterocycles. The van der Waals surface area contributed by atoms with Gasteiger partial charge < -0.3 is 14.6 Å². The third kappa shape index (κ3) is 13.9. The van der Waals surface area contributed by atoms with Crippen molar-refractivity contribution < 1.29 is 19.4 Å². The van der Waals surface area contributed by atoms with Gasteiger partial charge in [0, 0.05) is 32.0 Å². The second kappa shape index (κ2) is 17.4. The van der Waals surface area contributed by atoms with Crippen LogP contribution in [0.25, 0.3) is 0 Å². The summed E-state index contributed by atoms with van der Waals surface area (Å²) in [6.07, 6.45) is 1.25. The molecule has 0 unspecified atom stereocenters. The number of benzene rings is 2. The van der Waals surface area contributed by atoms with Crippen LogP contribution in [0.3, 0.4) is 0 Å². The number of carbonyl (C=O) groups excluding carboxylic acids is 1. The summed E-state index contributed by atoms with van der Waals surface area (Å²) in [6.45, 7) is 34.5. The predicted octanol–water partition coefficient (Wildman–Crippen LogP) is 12.2. The molecule has 2 rings (SSSR count). The number of aromatic hydroxyl groups is 1. The highest BCUT2D eigenvalue weighted by molar-refractivity contribution is 14.1. The van der Waals surface area contributed by atoms with E-state index in [2.05, 4.69) is 158 Å². The number of ether oxygens (including phenoxy) is 2. The van der Waals surface area contributed by atoms with Gasteiger partial charge in [0.15, 0.2) is 6.61 Å². The van der Waals surface area contributed by atoms with Crippen molar-refractivity contribution in [3.63, 3.8) is 0 Å². The van der Waals surface area contributed by atoms with Gasteiger partial charge in [0.05, 0.1) is 11.2 Å². The quantitative estimate of drug-likeness (QED) is 0.0994. The molecule has 0 saturated carbocycles. The number of hydrogen-bond acceptors (Lipinski definition) is 6. The molecular formula is C38H63IO4S2. The topological polar surface area (TPSA) is 55.8 Å². The average Bonchev–Trinajstić information content (AvgIpc) is 2.87. The molecule has 0 fully saturated rings. The molecule has 0 aliphatic heterocycles. The molecule has 45 heavy (non-hydrogen) atoms. The van der Waals surface area contributed by atoms with E-state index >= 15 is 0 Å². The zero-order chi connectivity index (χ0) is 35.8. The Labute approximate surface area is 299 Å².